The van der Waals surface area contributed by atoms with Gasteiger partial charge >= 0.3 is 0 Å². The second-order valence-corrected chi connectivity index (χ2v) is 8.14. The molecule has 0 N–H and O–H groups in total. The van der Waals surface area contributed by atoms with Crippen molar-refractivity contribution in [2.45, 2.75) is 11.3 Å². The molecule has 1 rings (SSSR count). The molecule has 0 spiro atoms. The highest BCUT2D eigenvalue weighted by Crippen LogP contribution is 2.41. The van der Waals surface area contributed by atoms with E-state index in [0.717, 1.165) is 0 Å². The zero-order valence-corrected chi connectivity index (χ0v) is 18.2. The van der Waals surface area contributed by atoms with Gasteiger partial charge in [-0.25, -0.2) is 0 Å². The Bertz CT molecular complexity index is 566. The Balaban J connectivity index is 3.60. The van der Waals surface area contributed by atoms with Crippen LogP contribution < -0.4 is 0 Å². The average molecular weight is 730 g/mol. The molecule has 0 saturated heterocycles. The van der Waals surface area contributed by atoms with Gasteiger partial charge in [0.2, 0.25) is 15.2 Å². The minimum Gasteiger partial charge on any atom is -0.285 e. The third-order valence-corrected chi connectivity index (χ3v) is 5.82. The van der Waals surface area contributed by atoms with Gasteiger partial charge in [0.05, 0.1) is 0 Å². The molecule has 19 heavy (non-hydrogen) atoms. The number of allylic oxidation sites excluding steroid dienone is 4. The fourth-order valence-electron chi connectivity index (χ4n) is 1.53. The smallest absolute Gasteiger partial charge is 0.223 e. The molecule has 0 fully saturated rings. The lowest BCUT2D eigenvalue weighted by molar-refractivity contribution is -0.111. The summed E-state index contributed by atoms with van der Waals surface area (Å²) in [5.74, 6) is 0. The van der Waals surface area contributed by atoms with Crippen molar-refractivity contribution in [2.75, 3.05) is 0 Å². The zero-order chi connectivity index (χ0) is 15.0. The minimum absolute atomic E-state index is 0.0197. The van der Waals surface area contributed by atoms with Crippen LogP contribution in [-0.4, -0.2) is 20.0 Å². The minimum atomic E-state index is -1.46. The molecule has 4 nitrogen and oxygen atoms in total. The fraction of sp³-hybridized carbons (Fsp3) is 0.200. The van der Waals surface area contributed by atoms with Crippen LogP contribution in [0.2, 0.25) is 0 Å². The highest BCUT2D eigenvalue weighted by molar-refractivity contribution is 14.1. The topological polar surface area (TPSA) is 68.3 Å². The van der Waals surface area contributed by atoms with Crippen LogP contribution in [0, 0.1) is 0 Å². The van der Waals surface area contributed by atoms with Gasteiger partial charge in [-0.05, 0) is 6.08 Å². The first-order chi connectivity index (χ1) is 8.60. The molecule has 0 aliphatic heterocycles. The average Bonchev–Trinajstić information content (AvgIpc) is 2.26. The molecule has 1 aliphatic rings. The summed E-state index contributed by atoms with van der Waals surface area (Å²) in [6.45, 7) is 0. The molecule has 0 amide bonds. The van der Waals surface area contributed by atoms with Crippen molar-refractivity contribution < 1.29 is 19.2 Å². The molecule has 0 bridgehead atoms. The Labute approximate surface area is 168 Å². The molecule has 1 unspecified atom stereocenters. The van der Waals surface area contributed by atoms with Crippen LogP contribution in [0.15, 0.2) is 22.8 Å². The predicted molar refractivity (Wildman–Crippen MR) is 104 cm³/mol. The summed E-state index contributed by atoms with van der Waals surface area (Å²) < 4.78 is -1.66. The number of hydrogen-bond acceptors (Lipinski definition) is 4. The van der Waals surface area contributed by atoms with E-state index in [0.29, 0.717) is 0 Å². The van der Waals surface area contributed by atoms with Crippen molar-refractivity contribution in [2.24, 2.45) is 0 Å². The number of alkyl halides is 1. The number of hydrogen-bond donors (Lipinski definition) is 0. The number of halogens is 5. The van der Waals surface area contributed by atoms with Crippen molar-refractivity contribution in [1.29, 1.82) is 0 Å². The molecule has 0 saturated carbocycles. The van der Waals surface area contributed by atoms with E-state index in [1.165, 1.54) is 96.4 Å². The lowest BCUT2D eigenvalue weighted by Crippen LogP contribution is -2.33. The maximum Gasteiger partial charge on any atom is 0.223 e. The van der Waals surface area contributed by atoms with E-state index in [2.05, 4.69) is 0 Å². The summed E-state index contributed by atoms with van der Waals surface area (Å²) in [6, 6.07) is 0. The number of carbonyl (C=O) groups excluding carboxylic acids is 4. The Kier molecular flexibility index (Phi) is 6.87. The predicted octanol–water partition coefficient (Wildman–Crippen LogP) is 3.44. The van der Waals surface area contributed by atoms with Gasteiger partial charge in [0.15, 0.2) is 0 Å². The molecule has 0 heterocycles. The molecule has 1 atom stereocenters. The fourth-order valence-corrected chi connectivity index (χ4v) is 3.62. The number of carbonyl (C=O) groups is 4. The van der Waals surface area contributed by atoms with Gasteiger partial charge in [-0.2, -0.15) is 0 Å². The molecule has 0 aromatic carbocycles. The van der Waals surface area contributed by atoms with Crippen molar-refractivity contribution >= 4 is 117 Å². The Morgan fingerprint density at radius 2 is 1.53 bits per heavy atom. The van der Waals surface area contributed by atoms with Crippen LogP contribution in [0.25, 0.3) is 0 Å². The first kappa shape index (κ1) is 18.4. The Hall–Kier alpha value is 1.37. The third-order valence-electron chi connectivity index (χ3n) is 2.35. The van der Waals surface area contributed by atoms with Gasteiger partial charge in [-0.15, -0.1) is 11.6 Å². The van der Waals surface area contributed by atoms with Gasteiger partial charge in [-0.1, -0.05) is 0 Å². The van der Waals surface area contributed by atoms with Crippen LogP contribution in [0.4, 0.5) is 0 Å². The van der Waals surface area contributed by atoms with Gasteiger partial charge in [0.25, 0.3) is 0 Å². The third kappa shape index (κ3) is 4.18. The van der Waals surface area contributed by atoms with Gasteiger partial charge in [0.1, 0.15) is 4.87 Å². The summed E-state index contributed by atoms with van der Waals surface area (Å²) in [6.07, 6.45) is 1.18. The molecule has 0 aromatic heterocycles. The highest BCUT2D eigenvalue weighted by Gasteiger charge is 2.42. The van der Waals surface area contributed by atoms with E-state index in [9.17, 15) is 19.2 Å². The van der Waals surface area contributed by atoms with Gasteiger partial charge in [-0.3, -0.25) is 19.2 Å². The Morgan fingerprint density at radius 1 is 1.00 bits per heavy atom. The lowest BCUT2D eigenvalue weighted by Gasteiger charge is -2.27. The highest BCUT2D eigenvalue weighted by atomic mass is 127. The van der Waals surface area contributed by atoms with E-state index in [4.69, 9.17) is 11.6 Å². The van der Waals surface area contributed by atoms with Crippen LogP contribution in [-0.2, 0) is 19.2 Å². The SMILES string of the molecule is O=C(I)C1=CC(Cl)(C(=O)I)CC(C(=O)I)=C1C(=O)I. The summed E-state index contributed by atoms with van der Waals surface area (Å²) in [5.41, 5.74) is 0.183. The van der Waals surface area contributed by atoms with Gasteiger partial charge in [0, 0.05) is 114 Å². The maximum absolute atomic E-state index is 11.7. The van der Waals surface area contributed by atoms with Crippen LogP contribution in [0.1, 0.15) is 6.42 Å². The van der Waals surface area contributed by atoms with E-state index in [-0.39, 0.29) is 23.1 Å². The van der Waals surface area contributed by atoms with Crippen LogP contribution >= 0.6 is 102 Å². The zero-order valence-electron chi connectivity index (χ0n) is 8.81. The second kappa shape index (κ2) is 7.09. The quantitative estimate of drug-likeness (QED) is 0.253. The molecular formula is C10H3ClI4O4. The summed E-state index contributed by atoms with van der Waals surface area (Å²) in [5, 5.41) is 0. The van der Waals surface area contributed by atoms with Crippen molar-refractivity contribution in [3.8, 4) is 0 Å². The van der Waals surface area contributed by atoms with E-state index >= 15 is 0 Å². The van der Waals surface area contributed by atoms with Crippen LogP contribution in [0.3, 0.4) is 0 Å². The standard InChI is InChI=1S/C10H3ClI4O4/c11-10(9(15)19)1-3(6(12)16)5(8(14)18)4(2-10)7(13)17/h1H,2H2. The van der Waals surface area contributed by atoms with Gasteiger partial charge < -0.3 is 0 Å². The first-order valence-electron chi connectivity index (χ1n) is 4.55. The monoisotopic (exact) mass is 730 g/mol. The van der Waals surface area contributed by atoms with Crippen LogP contribution in [0.5, 0.6) is 0 Å². The first-order valence-corrected chi connectivity index (χ1v) is 9.24. The second-order valence-electron chi connectivity index (χ2n) is 3.55. The van der Waals surface area contributed by atoms with Crippen molar-refractivity contribution in [3.63, 3.8) is 0 Å². The number of rotatable bonds is 4. The molecule has 1 aliphatic carbocycles. The summed E-state index contributed by atoms with van der Waals surface area (Å²) in [4.78, 5) is 45.1. The Morgan fingerprint density at radius 3 is 1.84 bits per heavy atom. The summed E-state index contributed by atoms with van der Waals surface area (Å²) in [7, 11) is 0. The largest absolute Gasteiger partial charge is 0.285 e. The molecule has 9 heteroatoms. The molecule has 0 radical (unpaired) electrons. The molecular weight excluding hydrogens is 727 g/mol. The van der Waals surface area contributed by atoms with E-state index in [1.807, 2.05) is 0 Å². The normalized spacial score (nSPS) is 22.9. The van der Waals surface area contributed by atoms with Crippen molar-refractivity contribution in [3.05, 3.63) is 22.8 Å². The molecule has 102 valence electrons. The lowest BCUT2D eigenvalue weighted by atomic mass is 9.86. The maximum atomic E-state index is 11.7. The summed E-state index contributed by atoms with van der Waals surface area (Å²) >= 11 is 12.2. The molecule has 0 aromatic rings. The van der Waals surface area contributed by atoms with Crippen molar-refractivity contribution in [1.82, 2.24) is 0 Å². The van der Waals surface area contributed by atoms with E-state index < -0.39 is 20.0 Å². The van der Waals surface area contributed by atoms with E-state index in [1.54, 1.807) is 0 Å².